The van der Waals surface area contributed by atoms with Crippen LogP contribution in [0.15, 0.2) is 119 Å². The average Bonchev–Trinajstić information content (AvgIpc) is 3.04. The monoisotopic (exact) mass is 576 g/mol. The number of amides is 2. The molecule has 0 aliphatic rings. The lowest BCUT2D eigenvalue weighted by Crippen LogP contribution is -2.18. The zero-order valence-corrected chi connectivity index (χ0v) is 24.0. The first kappa shape index (κ1) is 30.7. The highest BCUT2D eigenvalue weighted by atomic mass is 16.5. The first-order valence-corrected chi connectivity index (χ1v) is 14.3. The number of carbonyl (C=O) groups is 2. The molecule has 0 aromatic heterocycles. The molecule has 0 spiro atoms. The Bertz CT molecular complexity index is 1380. The average molecular weight is 577 g/mol. The second-order valence-electron chi connectivity index (χ2n) is 9.77. The third-order valence-corrected chi connectivity index (χ3v) is 6.41. The predicted molar refractivity (Wildman–Crippen MR) is 169 cm³/mol. The van der Waals surface area contributed by atoms with Crippen LogP contribution in [0.1, 0.15) is 54.4 Å². The van der Waals surface area contributed by atoms with Crippen LogP contribution in [0, 0.1) is 0 Å². The maximum Gasteiger partial charge on any atom is 0.240 e. The van der Waals surface area contributed by atoms with E-state index in [2.05, 4.69) is 21.1 Å². The number of hydrogen-bond acceptors (Lipinski definition) is 6. The van der Waals surface area contributed by atoms with E-state index in [1.807, 2.05) is 109 Å². The third kappa shape index (κ3) is 11.3. The van der Waals surface area contributed by atoms with E-state index in [9.17, 15) is 9.59 Å². The zero-order chi connectivity index (χ0) is 30.0. The van der Waals surface area contributed by atoms with Gasteiger partial charge in [0.1, 0.15) is 24.7 Å². The van der Waals surface area contributed by atoms with Gasteiger partial charge in [0.2, 0.25) is 11.8 Å². The highest BCUT2D eigenvalue weighted by Gasteiger charge is 2.05. The van der Waals surface area contributed by atoms with Crippen LogP contribution in [0.25, 0.3) is 0 Å². The summed E-state index contributed by atoms with van der Waals surface area (Å²) in [4.78, 5) is 24.4. The highest BCUT2D eigenvalue weighted by Crippen LogP contribution is 2.19. The van der Waals surface area contributed by atoms with Crippen LogP contribution in [0.4, 0.5) is 0 Å². The topological polar surface area (TPSA) is 101 Å². The lowest BCUT2D eigenvalue weighted by molar-refractivity contribution is -0.121. The molecule has 2 N–H and O–H groups in total. The maximum absolute atomic E-state index is 12.2. The molecule has 43 heavy (non-hydrogen) atoms. The summed E-state index contributed by atoms with van der Waals surface area (Å²) in [5, 5.41) is 8.17. The number of benzene rings is 4. The second kappa shape index (κ2) is 17.5. The Labute approximate surface area is 252 Å². The number of carbonyl (C=O) groups excluding carboxylic acids is 2. The quantitative estimate of drug-likeness (QED) is 0.0916. The first-order chi connectivity index (χ1) is 21.2. The van der Waals surface area contributed by atoms with Crippen molar-refractivity contribution in [2.24, 2.45) is 10.2 Å². The van der Waals surface area contributed by atoms with Crippen molar-refractivity contribution in [2.75, 3.05) is 0 Å². The SMILES string of the molecule is O=C(CCCCCC(=O)N/N=C/c1ccccc1OCc1ccccc1)N/N=C\c1ccccc1OCc1ccccc1. The Kier molecular flexibility index (Phi) is 12.5. The van der Waals surface area contributed by atoms with Gasteiger partial charge < -0.3 is 9.47 Å². The van der Waals surface area contributed by atoms with Gasteiger partial charge in [0.15, 0.2) is 0 Å². The molecule has 0 aliphatic heterocycles. The number of nitrogens with one attached hydrogen (secondary N) is 2. The lowest BCUT2D eigenvalue weighted by Gasteiger charge is -2.09. The molecule has 4 aromatic rings. The molecule has 4 aromatic carbocycles. The summed E-state index contributed by atoms with van der Waals surface area (Å²) in [6.45, 7) is 0.890. The van der Waals surface area contributed by atoms with Crippen LogP contribution in [0.5, 0.6) is 11.5 Å². The Morgan fingerprint density at radius 3 is 1.37 bits per heavy atom. The van der Waals surface area contributed by atoms with E-state index in [1.54, 1.807) is 12.4 Å². The molecule has 0 radical (unpaired) electrons. The van der Waals surface area contributed by atoms with Crippen LogP contribution in [0.2, 0.25) is 0 Å². The minimum Gasteiger partial charge on any atom is -0.488 e. The fourth-order valence-corrected chi connectivity index (χ4v) is 4.12. The standard InChI is InChI=1S/C35H36N4O4/c40-34(38-36-24-30-18-10-12-20-32(30)42-26-28-14-4-1-5-15-28)22-8-3-9-23-35(41)39-37-25-31-19-11-13-21-33(31)43-27-29-16-6-2-7-17-29/h1-2,4-7,10-21,24-25H,3,8-9,22-23,26-27H2,(H,38,40)(H,39,41)/b36-24-,37-25+. The first-order valence-electron chi connectivity index (χ1n) is 14.3. The summed E-state index contributed by atoms with van der Waals surface area (Å²) < 4.78 is 11.8. The van der Waals surface area contributed by atoms with Gasteiger partial charge >= 0.3 is 0 Å². The summed E-state index contributed by atoms with van der Waals surface area (Å²) >= 11 is 0. The Morgan fingerprint density at radius 1 is 0.535 bits per heavy atom. The fourth-order valence-electron chi connectivity index (χ4n) is 4.12. The van der Waals surface area contributed by atoms with Crippen LogP contribution in [-0.4, -0.2) is 24.2 Å². The van der Waals surface area contributed by atoms with E-state index in [0.29, 0.717) is 50.4 Å². The van der Waals surface area contributed by atoms with Crippen molar-refractivity contribution in [1.82, 2.24) is 10.9 Å². The number of para-hydroxylation sites is 2. The van der Waals surface area contributed by atoms with Gasteiger partial charge in [-0.1, -0.05) is 91.3 Å². The van der Waals surface area contributed by atoms with Crippen LogP contribution >= 0.6 is 0 Å². The number of unbranched alkanes of at least 4 members (excludes halogenated alkanes) is 2. The predicted octanol–water partition coefficient (Wildman–Crippen LogP) is 6.40. The lowest BCUT2D eigenvalue weighted by atomic mass is 10.1. The van der Waals surface area contributed by atoms with Crippen molar-refractivity contribution in [1.29, 1.82) is 0 Å². The van der Waals surface area contributed by atoms with E-state index >= 15 is 0 Å². The molecule has 8 heteroatoms. The van der Waals surface area contributed by atoms with Crippen LogP contribution in [-0.2, 0) is 22.8 Å². The Balaban J connectivity index is 1.10. The van der Waals surface area contributed by atoms with Gasteiger partial charge in [0.25, 0.3) is 0 Å². The van der Waals surface area contributed by atoms with Crippen molar-refractivity contribution in [2.45, 2.75) is 45.3 Å². The molecule has 0 saturated carbocycles. The molecular formula is C35H36N4O4. The molecule has 0 saturated heterocycles. The number of hydrogen-bond donors (Lipinski definition) is 2. The second-order valence-corrected chi connectivity index (χ2v) is 9.77. The van der Waals surface area contributed by atoms with Crippen molar-refractivity contribution >= 4 is 24.2 Å². The van der Waals surface area contributed by atoms with E-state index in [1.165, 1.54) is 0 Å². The van der Waals surface area contributed by atoms with E-state index < -0.39 is 0 Å². The number of rotatable bonds is 16. The molecule has 2 amide bonds. The smallest absolute Gasteiger partial charge is 0.240 e. The summed E-state index contributed by atoms with van der Waals surface area (Å²) in [6, 6.07) is 34.9. The number of ether oxygens (including phenoxy) is 2. The summed E-state index contributed by atoms with van der Waals surface area (Å²) in [5.41, 5.74) is 8.81. The number of nitrogens with zero attached hydrogens (tertiary/aromatic N) is 2. The third-order valence-electron chi connectivity index (χ3n) is 6.41. The van der Waals surface area contributed by atoms with Gasteiger partial charge in [0.05, 0.1) is 12.4 Å². The normalized spacial score (nSPS) is 11.0. The van der Waals surface area contributed by atoms with Crippen molar-refractivity contribution < 1.29 is 19.1 Å². The van der Waals surface area contributed by atoms with E-state index in [4.69, 9.17) is 9.47 Å². The Morgan fingerprint density at radius 2 is 0.930 bits per heavy atom. The van der Waals surface area contributed by atoms with Gasteiger partial charge in [-0.3, -0.25) is 9.59 Å². The zero-order valence-electron chi connectivity index (χ0n) is 24.0. The van der Waals surface area contributed by atoms with Crippen LogP contribution in [0.3, 0.4) is 0 Å². The van der Waals surface area contributed by atoms with Gasteiger partial charge in [0, 0.05) is 24.0 Å². The molecule has 0 atom stereocenters. The summed E-state index contributed by atoms with van der Waals surface area (Å²) in [6.07, 6.45) is 5.85. The molecule has 0 bridgehead atoms. The van der Waals surface area contributed by atoms with Gasteiger partial charge in [-0.2, -0.15) is 10.2 Å². The molecule has 4 rings (SSSR count). The summed E-state index contributed by atoms with van der Waals surface area (Å²) in [5.74, 6) is 1.02. The van der Waals surface area contributed by atoms with Gasteiger partial charge in [-0.05, 0) is 48.2 Å². The molecule has 0 aliphatic carbocycles. The minimum atomic E-state index is -0.180. The fraction of sp³-hybridized carbons (Fsp3) is 0.200. The van der Waals surface area contributed by atoms with Gasteiger partial charge in [-0.25, -0.2) is 10.9 Å². The summed E-state index contributed by atoms with van der Waals surface area (Å²) in [7, 11) is 0. The van der Waals surface area contributed by atoms with E-state index in [0.717, 1.165) is 28.7 Å². The Hall–Kier alpha value is -5.24. The molecule has 8 nitrogen and oxygen atoms in total. The minimum absolute atomic E-state index is 0.180. The largest absolute Gasteiger partial charge is 0.488 e. The van der Waals surface area contributed by atoms with Crippen molar-refractivity contribution in [3.63, 3.8) is 0 Å². The molecule has 220 valence electrons. The van der Waals surface area contributed by atoms with E-state index in [-0.39, 0.29) is 11.8 Å². The maximum atomic E-state index is 12.2. The van der Waals surface area contributed by atoms with Crippen molar-refractivity contribution in [3.8, 4) is 11.5 Å². The molecule has 0 fully saturated rings. The highest BCUT2D eigenvalue weighted by molar-refractivity contribution is 5.86. The number of hydrazone groups is 2. The molecule has 0 unspecified atom stereocenters. The molecular weight excluding hydrogens is 540 g/mol. The van der Waals surface area contributed by atoms with Gasteiger partial charge in [-0.15, -0.1) is 0 Å². The van der Waals surface area contributed by atoms with Crippen molar-refractivity contribution in [3.05, 3.63) is 131 Å². The molecule has 0 heterocycles. The van der Waals surface area contributed by atoms with Crippen LogP contribution < -0.4 is 20.3 Å².